The molecule has 3 rings (SSSR count). The van der Waals surface area contributed by atoms with Crippen LogP contribution in [0.1, 0.15) is 23.7 Å². The van der Waals surface area contributed by atoms with E-state index >= 15 is 0 Å². The van der Waals surface area contributed by atoms with Gasteiger partial charge in [0.2, 0.25) is 0 Å². The van der Waals surface area contributed by atoms with Gasteiger partial charge in [0.05, 0.1) is 6.04 Å². The van der Waals surface area contributed by atoms with Crippen molar-refractivity contribution in [2.75, 3.05) is 31.1 Å². The molecule has 0 amide bonds. The van der Waals surface area contributed by atoms with E-state index in [9.17, 15) is 0 Å². The van der Waals surface area contributed by atoms with E-state index < -0.39 is 0 Å². The van der Waals surface area contributed by atoms with Gasteiger partial charge >= 0.3 is 0 Å². The summed E-state index contributed by atoms with van der Waals surface area (Å²) in [4.78, 5) is 9.63. The number of rotatable bonds is 3. The van der Waals surface area contributed by atoms with E-state index in [1.807, 2.05) is 0 Å². The Hall–Kier alpha value is -1.39. The zero-order valence-corrected chi connectivity index (χ0v) is 12.9. The van der Waals surface area contributed by atoms with Crippen molar-refractivity contribution in [1.82, 2.24) is 9.88 Å². The molecule has 0 N–H and O–H groups in total. The van der Waals surface area contributed by atoms with E-state index in [0.29, 0.717) is 6.04 Å². The first kappa shape index (κ1) is 13.6. The quantitative estimate of drug-likeness (QED) is 0.863. The standard InChI is InChI=1S/C16H21N3S/c1-13-12-20-16(17-13)14(2)18-8-10-19(11-9-18)15-6-4-3-5-7-15/h3-7,12,14H,8-11H2,1-2H3. The molecule has 0 aliphatic carbocycles. The molecule has 1 aromatic heterocycles. The number of piperazine rings is 1. The van der Waals surface area contributed by atoms with Crippen LogP contribution in [0.15, 0.2) is 35.7 Å². The summed E-state index contributed by atoms with van der Waals surface area (Å²) in [5.41, 5.74) is 2.48. The summed E-state index contributed by atoms with van der Waals surface area (Å²) in [7, 11) is 0. The van der Waals surface area contributed by atoms with Crippen LogP contribution in [-0.2, 0) is 0 Å². The average molecular weight is 287 g/mol. The Labute approximate surface area is 124 Å². The van der Waals surface area contributed by atoms with Gasteiger partial charge in [-0.05, 0) is 26.0 Å². The predicted molar refractivity (Wildman–Crippen MR) is 85.5 cm³/mol. The minimum Gasteiger partial charge on any atom is -0.369 e. The monoisotopic (exact) mass is 287 g/mol. The van der Waals surface area contributed by atoms with Crippen molar-refractivity contribution in [3.05, 3.63) is 46.4 Å². The number of aryl methyl sites for hydroxylation is 1. The van der Waals surface area contributed by atoms with Gasteiger partial charge in [0.25, 0.3) is 0 Å². The Morgan fingerprint density at radius 1 is 1.10 bits per heavy atom. The molecule has 1 aromatic carbocycles. The van der Waals surface area contributed by atoms with Crippen LogP contribution in [-0.4, -0.2) is 36.1 Å². The number of aromatic nitrogens is 1. The minimum atomic E-state index is 0.437. The van der Waals surface area contributed by atoms with Crippen molar-refractivity contribution in [2.45, 2.75) is 19.9 Å². The van der Waals surface area contributed by atoms with Gasteiger partial charge in [-0.3, -0.25) is 4.90 Å². The largest absolute Gasteiger partial charge is 0.369 e. The van der Waals surface area contributed by atoms with Crippen molar-refractivity contribution in [2.24, 2.45) is 0 Å². The van der Waals surface area contributed by atoms with E-state index in [-0.39, 0.29) is 0 Å². The molecule has 3 nitrogen and oxygen atoms in total. The minimum absolute atomic E-state index is 0.437. The first-order valence-corrected chi connectivity index (χ1v) is 8.08. The van der Waals surface area contributed by atoms with Crippen molar-refractivity contribution in [3.63, 3.8) is 0 Å². The Balaban J connectivity index is 1.61. The summed E-state index contributed by atoms with van der Waals surface area (Å²) in [5.74, 6) is 0. The molecule has 20 heavy (non-hydrogen) atoms. The highest BCUT2D eigenvalue weighted by Crippen LogP contribution is 2.25. The summed E-state index contributed by atoms with van der Waals surface area (Å²) in [6, 6.07) is 11.1. The van der Waals surface area contributed by atoms with E-state index in [0.717, 1.165) is 31.9 Å². The lowest BCUT2D eigenvalue weighted by Gasteiger charge is -2.38. The molecule has 1 aliphatic rings. The van der Waals surface area contributed by atoms with Crippen LogP contribution in [0.3, 0.4) is 0 Å². The van der Waals surface area contributed by atoms with Gasteiger partial charge in [0.1, 0.15) is 5.01 Å². The molecular weight excluding hydrogens is 266 g/mol. The van der Waals surface area contributed by atoms with Gasteiger partial charge < -0.3 is 4.90 Å². The summed E-state index contributed by atoms with van der Waals surface area (Å²) >= 11 is 1.78. The van der Waals surface area contributed by atoms with Crippen LogP contribution in [0.4, 0.5) is 5.69 Å². The van der Waals surface area contributed by atoms with E-state index in [1.54, 1.807) is 11.3 Å². The number of anilines is 1. The molecule has 1 saturated heterocycles. The summed E-state index contributed by atoms with van der Waals surface area (Å²) in [6.45, 7) is 8.75. The highest BCUT2D eigenvalue weighted by atomic mass is 32.1. The first-order chi connectivity index (χ1) is 9.74. The van der Waals surface area contributed by atoms with Crippen molar-refractivity contribution in [3.8, 4) is 0 Å². The molecule has 1 fully saturated rings. The number of nitrogens with zero attached hydrogens (tertiary/aromatic N) is 3. The molecule has 4 heteroatoms. The topological polar surface area (TPSA) is 19.4 Å². The lowest BCUT2D eigenvalue weighted by molar-refractivity contribution is 0.198. The Kier molecular flexibility index (Phi) is 4.03. The Morgan fingerprint density at radius 3 is 2.40 bits per heavy atom. The molecule has 0 bridgehead atoms. The average Bonchev–Trinajstić information content (AvgIpc) is 2.94. The van der Waals surface area contributed by atoms with Gasteiger partial charge in [0, 0.05) is 42.9 Å². The smallest absolute Gasteiger partial charge is 0.110 e. The third-order valence-corrected chi connectivity index (χ3v) is 5.11. The molecule has 2 aromatic rings. The second-order valence-corrected chi connectivity index (χ2v) is 6.25. The van der Waals surface area contributed by atoms with E-state index in [2.05, 4.69) is 64.3 Å². The number of benzene rings is 1. The highest BCUT2D eigenvalue weighted by Gasteiger charge is 2.23. The molecule has 1 atom stereocenters. The van der Waals surface area contributed by atoms with Crippen LogP contribution in [0.25, 0.3) is 0 Å². The maximum Gasteiger partial charge on any atom is 0.110 e. The van der Waals surface area contributed by atoms with Gasteiger partial charge in [0.15, 0.2) is 0 Å². The second kappa shape index (κ2) is 5.94. The highest BCUT2D eigenvalue weighted by molar-refractivity contribution is 7.09. The number of hydrogen-bond donors (Lipinski definition) is 0. The molecular formula is C16H21N3S. The summed E-state index contributed by atoms with van der Waals surface area (Å²) in [5, 5.41) is 3.39. The van der Waals surface area contributed by atoms with E-state index in [1.165, 1.54) is 10.7 Å². The molecule has 106 valence electrons. The van der Waals surface area contributed by atoms with Crippen LogP contribution < -0.4 is 4.90 Å². The normalized spacial score (nSPS) is 18.2. The van der Waals surface area contributed by atoms with Gasteiger partial charge in [-0.2, -0.15) is 0 Å². The predicted octanol–water partition coefficient (Wildman–Crippen LogP) is 3.33. The fourth-order valence-electron chi connectivity index (χ4n) is 2.73. The second-order valence-electron chi connectivity index (χ2n) is 5.36. The SMILES string of the molecule is Cc1csc(C(C)N2CCN(c3ccccc3)CC2)n1. The third kappa shape index (κ3) is 2.86. The van der Waals surface area contributed by atoms with Crippen molar-refractivity contribution >= 4 is 17.0 Å². The zero-order chi connectivity index (χ0) is 13.9. The molecule has 0 spiro atoms. The fraction of sp³-hybridized carbons (Fsp3) is 0.438. The first-order valence-electron chi connectivity index (χ1n) is 7.20. The molecule has 2 heterocycles. The van der Waals surface area contributed by atoms with E-state index in [4.69, 9.17) is 0 Å². The number of thiazole rings is 1. The van der Waals surface area contributed by atoms with Crippen molar-refractivity contribution < 1.29 is 0 Å². The zero-order valence-electron chi connectivity index (χ0n) is 12.1. The molecule has 0 radical (unpaired) electrons. The summed E-state index contributed by atoms with van der Waals surface area (Å²) in [6.07, 6.45) is 0. The van der Waals surface area contributed by atoms with Crippen LogP contribution in [0.5, 0.6) is 0 Å². The van der Waals surface area contributed by atoms with Crippen LogP contribution in [0, 0.1) is 6.92 Å². The lowest BCUT2D eigenvalue weighted by Crippen LogP contribution is -2.47. The van der Waals surface area contributed by atoms with Crippen LogP contribution >= 0.6 is 11.3 Å². The molecule has 1 unspecified atom stereocenters. The van der Waals surface area contributed by atoms with Gasteiger partial charge in [-0.1, -0.05) is 18.2 Å². The van der Waals surface area contributed by atoms with Crippen molar-refractivity contribution in [1.29, 1.82) is 0 Å². The number of hydrogen-bond acceptors (Lipinski definition) is 4. The fourth-order valence-corrected chi connectivity index (χ4v) is 3.61. The summed E-state index contributed by atoms with van der Waals surface area (Å²) < 4.78 is 0. The van der Waals surface area contributed by atoms with Gasteiger partial charge in [-0.15, -0.1) is 11.3 Å². The maximum absolute atomic E-state index is 4.63. The lowest BCUT2D eigenvalue weighted by atomic mass is 10.2. The molecule has 1 aliphatic heterocycles. The maximum atomic E-state index is 4.63. The molecule has 0 saturated carbocycles. The number of para-hydroxylation sites is 1. The third-order valence-electron chi connectivity index (χ3n) is 3.98. The van der Waals surface area contributed by atoms with Gasteiger partial charge in [-0.25, -0.2) is 4.98 Å². The van der Waals surface area contributed by atoms with Crippen LogP contribution in [0.2, 0.25) is 0 Å². The Morgan fingerprint density at radius 2 is 1.80 bits per heavy atom. The Bertz CT molecular complexity index is 544.